The highest BCUT2D eigenvalue weighted by atomic mass is 32.1. The molecule has 1 fully saturated rings. The molecule has 1 aliphatic rings. The Morgan fingerprint density at radius 2 is 1.84 bits per heavy atom. The Morgan fingerprint density at radius 1 is 1.19 bits per heavy atom. The fourth-order valence-electron chi connectivity index (χ4n) is 2.83. The topological polar surface area (TPSA) is 62.7 Å². The van der Waals surface area contributed by atoms with Crippen molar-refractivity contribution in [3.8, 4) is 0 Å². The van der Waals surface area contributed by atoms with Crippen molar-refractivity contribution in [2.24, 2.45) is 0 Å². The van der Waals surface area contributed by atoms with Crippen molar-refractivity contribution in [2.75, 3.05) is 18.1 Å². The summed E-state index contributed by atoms with van der Waals surface area (Å²) in [6.07, 6.45) is -2.56. The second-order valence-electron chi connectivity index (χ2n) is 6.56. The smallest absolute Gasteiger partial charge is 0.475 e. The summed E-state index contributed by atoms with van der Waals surface area (Å²) in [7, 11) is 0. The molecule has 31 heavy (non-hydrogen) atoms. The van der Waals surface area contributed by atoms with Crippen LogP contribution >= 0.6 is 12.6 Å². The van der Waals surface area contributed by atoms with Crippen LogP contribution in [0, 0.1) is 17.5 Å². The first kappa shape index (κ1) is 24.8. The van der Waals surface area contributed by atoms with Gasteiger partial charge in [0.1, 0.15) is 11.6 Å². The van der Waals surface area contributed by atoms with Gasteiger partial charge < -0.3 is 14.7 Å². The zero-order valence-electron chi connectivity index (χ0n) is 15.8. The van der Waals surface area contributed by atoms with Crippen molar-refractivity contribution < 1.29 is 41.0 Å². The van der Waals surface area contributed by atoms with Gasteiger partial charge in [-0.25, -0.2) is 22.9 Å². The number of hydrogen-bond donors (Lipinski definition) is 2. The number of anilines is 1. The number of hydrogen-bond acceptors (Lipinski definition) is 5. The van der Waals surface area contributed by atoms with E-state index in [-0.39, 0.29) is 23.5 Å². The van der Waals surface area contributed by atoms with E-state index in [0.717, 1.165) is 24.8 Å². The zero-order valence-corrected chi connectivity index (χ0v) is 16.7. The second-order valence-corrected chi connectivity index (χ2v) is 7.29. The summed E-state index contributed by atoms with van der Waals surface area (Å²) in [5.41, 5.74) is -0.00120. The average molecular weight is 468 g/mol. The molecule has 0 unspecified atom stereocenters. The number of carboxylic acids is 1. The number of nitrogens with zero attached hydrogens (tertiary/aromatic N) is 2. The molecule has 1 aromatic carbocycles. The maximum atomic E-state index is 13.6. The molecule has 1 aromatic heterocycles. The first-order chi connectivity index (χ1) is 14.5. The SMILES string of the molecule is Fc1cc(F)c(COC[C@@H]2C[C@@H](S)CN2c2ccccn2)cc1F.O=C(O)C(F)(F)F. The lowest BCUT2D eigenvalue weighted by Gasteiger charge is -2.25. The molecule has 2 atom stereocenters. The van der Waals surface area contributed by atoms with Crippen LogP contribution in [0.25, 0.3) is 0 Å². The number of carbonyl (C=O) groups is 1. The maximum Gasteiger partial charge on any atom is 0.490 e. The van der Waals surface area contributed by atoms with E-state index < -0.39 is 29.6 Å². The van der Waals surface area contributed by atoms with Gasteiger partial charge in [-0.3, -0.25) is 0 Å². The molecule has 0 radical (unpaired) electrons. The molecule has 3 rings (SSSR count). The third-order valence-electron chi connectivity index (χ3n) is 4.24. The number of ether oxygens (including phenoxy) is 1. The first-order valence-electron chi connectivity index (χ1n) is 8.86. The number of thiol groups is 1. The zero-order chi connectivity index (χ0) is 23.2. The van der Waals surface area contributed by atoms with Crippen molar-refractivity contribution in [3.05, 3.63) is 59.5 Å². The van der Waals surface area contributed by atoms with Gasteiger partial charge in [-0.2, -0.15) is 25.8 Å². The number of aliphatic carboxylic acids is 1. The van der Waals surface area contributed by atoms with E-state index in [4.69, 9.17) is 14.6 Å². The summed E-state index contributed by atoms with van der Waals surface area (Å²) in [4.78, 5) is 15.3. The van der Waals surface area contributed by atoms with Crippen LogP contribution < -0.4 is 4.90 Å². The van der Waals surface area contributed by atoms with Crippen LogP contribution in [0.1, 0.15) is 12.0 Å². The van der Waals surface area contributed by atoms with Gasteiger partial charge in [-0.05, 0) is 24.6 Å². The Kier molecular flexibility index (Phi) is 8.57. The van der Waals surface area contributed by atoms with E-state index in [9.17, 15) is 26.3 Å². The predicted octanol–water partition coefficient (Wildman–Crippen LogP) is 4.23. The van der Waals surface area contributed by atoms with Crippen LogP contribution in [-0.4, -0.2) is 46.7 Å². The molecule has 0 amide bonds. The van der Waals surface area contributed by atoms with E-state index in [1.807, 2.05) is 18.2 Å². The number of rotatable bonds is 5. The van der Waals surface area contributed by atoms with Crippen LogP contribution in [0.15, 0.2) is 36.5 Å². The van der Waals surface area contributed by atoms with E-state index in [2.05, 4.69) is 22.5 Å². The Labute approximate surface area is 179 Å². The normalized spacial score (nSPS) is 18.5. The standard InChI is InChI=1S/C17H17F3N2OS.C2HF3O2/c18-14-7-16(20)15(19)5-11(14)9-23-10-12-6-13(24)8-22(12)17-3-1-2-4-21-17;3-2(4,5)1(6)7/h1-5,7,12-13,24H,6,8-10H2;(H,6,7)/t12-,13+;/m0./s1. The fourth-order valence-corrected chi connectivity index (χ4v) is 3.25. The molecule has 170 valence electrons. The van der Waals surface area contributed by atoms with E-state index >= 15 is 0 Å². The highest BCUT2D eigenvalue weighted by Crippen LogP contribution is 2.27. The number of carboxylic acid groups (broad SMARTS) is 1. The number of alkyl halides is 3. The molecule has 0 bridgehead atoms. The summed E-state index contributed by atoms with van der Waals surface area (Å²) in [6, 6.07) is 7.08. The van der Waals surface area contributed by atoms with Gasteiger partial charge >= 0.3 is 12.1 Å². The number of pyridine rings is 1. The van der Waals surface area contributed by atoms with Gasteiger partial charge in [-0.1, -0.05) is 6.07 Å². The lowest BCUT2D eigenvalue weighted by atomic mass is 10.2. The van der Waals surface area contributed by atoms with Crippen LogP contribution in [0.5, 0.6) is 0 Å². The van der Waals surface area contributed by atoms with Gasteiger partial charge in [0.25, 0.3) is 0 Å². The Bertz CT molecular complexity index is 885. The van der Waals surface area contributed by atoms with Crippen LogP contribution in [0.2, 0.25) is 0 Å². The highest BCUT2D eigenvalue weighted by Gasteiger charge is 2.38. The average Bonchev–Trinajstić information content (AvgIpc) is 3.07. The van der Waals surface area contributed by atoms with Crippen molar-refractivity contribution in [1.82, 2.24) is 4.98 Å². The Hall–Kier alpha value is -2.47. The molecule has 1 saturated heterocycles. The quantitative estimate of drug-likeness (QED) is 0.391. The number of halogens is 6. The summed E-state index contributed by atoms with van der Waals surface area (Å²) in [6.45, 7) is 0.951. The summed E-state index contributed by atoms with van der Waals surface area (Å²) in [5.74, 6) is -5.02. The largest absolute Gasteiger partial charge is 0.490 e. The Morgan fingerprint density at radius 3 is 2.42 bits per heavy atom. The van der Waals surface area contributed by atoms with Gasteiger partial charge in [0, 0.05) is 29.6 Å². The molecule has 0 spiro atoms. The number of benzene rings is 1. The van der Waals surface area contributed by atoms with Crippen LogP contribution in [0.3, 0.4) is 0 Å². The van der Waals surface area contributed by atoms with Gasteiger partial charge in [0.2, 0.25) is 0 Å². The molecule has 5 nitrogen and oxygen atoms in total. The van der Waals surface area contributed by atoms with Gasteiger partial charge in [0.05, 0.1) is 19.3 Å². The van der Waals surface area contributed by atoms with Crippen molar-refractivity contribution in [1.29, 1.82) is 0 Å². The molecule has 1 N–H and O–H groups in total. The lowest BCUT2D eigenvalue weighted by molar-refractivity contribution is -0.192. The summed E-state index contributed by atoms with van der Waals surface area (Å²) >= 11 is 4.52. The van der Waals surface area contributed by atoms with Crippen molar-refractivity contribution in [3.63, 3.8) is 0 Å². The third-order valence-corrected chi connectivity index (χ3v) is 4.61. The minimum Gasteiger partial charge on any atom is -0.475 e. The van der Waals surface area contributed by atoms with Crippen molar-refractivity contribution >= 4 is 24.4 Å². The first-order valence-corrected chi connectivity index (χ1v) is 9.37. The van der Waals surface area contributed by atoms with Crippen LogP contribution in [0.4, 0.5) is 32.2 Å². The second kappa shape index (κ2) is 10.7. The highest BCUT2D eigenvalue weighted by molar-refractivity contribution is 7.81. The minimum absolute atomic E-state index is 0.00120. The van der Waals surface area contributed by atoms with Gasteiger partial charge in [-0.15, -0.1) is 0 Å². The van der Waals surface area contributed by atoms with E-state index in [1.54, 1.807) is 6.20 Å². The van der Waals surface area contributed by atoms with Gasteiger partial charge in [0.15, 0.2) is 11.6 Å². The lowest BCUT2D eigenvalue weighted by Crippen LogP contribution is -2.33. The van der Waals surface area contributed by atoms with E-state index in [1.165, 1.54) is 0 Å². The molecule has 1 aliphatic heterocycles. The third kappa shape index (κ3) is 7.31. The number of aromatic nitrogens is 1. The Balaban J connectivity index is 0.000000423. The molecular formula is C19H18F6N2O3S. The molecule has 2 aromatic rings. The summed E-state index contributed by atoms with van der Waals surface area (Å²) < 4.78 is 77.0. The molecule has 0 saturated carbocycles. The van der Waals surface area contributed by atoms with E-state index in [0.29, 0.717) is 12.7 Å². The maximum absolute atomic E-state index is 13.6. The molecule has 12 heteroatoms. The van der Waals surface area contributed by atoms with Crippen LogP contribution in [-0.2, 0) is 16.1 Å². The minimum atomic E-state index is -5.08. The molecule has 0 aliphatic carbocycles. The van der Waals surface area contributed by atoms with Crippen molar-refractivity contribution in [2.45, 2.75) is 30.5 Å². The fraction of sp³-hybridized carbons (Fsp3) is 0.368. The molecule has 2 heterocycles. The summed E-state index contributed by atoms with van der Waals surface area (Å²) in [5, 5.41) is 7.32. The predicted molar refractivity (Wildman–Crippen MR) is 102 cm³/mol. The molecular weight excluding hydrogens is 450 g/mol. The monoisotopic (exact) mass is 468 g/mol.